The summed E-state index contributed by atoms with van der Waals surface area (Å²) < 4.78 is 40.1. The average Bonchev–Trinajstić information content (AvgIpc) is 1.98. The van der Waals surface area contributed by atoms with E-state index in [4.69, 9.17) is 5.11 Å². The van der Waals surface area contributed by atoms with Gasteiger partial charge in [0.25, 0.3) is 0 Å². The fourth-order valence-corrected chi connectivity index (χ4v) is 0.589. The van der Waals surface area contributed by atoms with E-state index in [2.05, 4.69) is 4.74 Å². The number of hydrogen-bond donors (Lipinski definition) is 1. The Morgan fingerprint density at radius 3 is 2.21 bits per heavy atom. The molecule has 0 aliphatic rings. The minimum Gasteiger partial charge on any atom is -0.478 e. The maximum absolute atomic E-state index is 12.0. The van der Waals surface area contributed by atoms with E-state index < -0.39 is 23.7 Å². The first kappa shape index (κ1) is 12.5. The van der Waals surface area contributed by atoms with E-state index in [-0.39, 0.29) is 12.7 Å². The summed E-state index contributed by atoms with van der Waals surface area (Å²) in [6, 6.07) is 0. The van der Waals surface area contributed by atoms with Crippen LogP contribution in [0, 0.1) is 0 Å². The first-order valence-electron chi connectivity index (χ1n) is 3.48. The Bertz CT molecular complexity index is 267. The molecule has 0 aromatic carbocycles. The third-order valence-electron chi connectivity index (χ3n) is 1.07. The predicted octanol–water partition coefficient (Wildman–Crippen LogP) is 1.12. The van der Waals surface area contributed by atoms with Gasteiger partial charge in [0.15, 0.2) is 0 Å². The Balaban J connectivity index is 4.93. The van der Waals surface area contributed by atoms with E-state index >= 15 is 0 Å². The van der Waals surface area contributed by atoms with Crippen LogP contribution in [0.15, 0.2) is 11.6 Å². The number of carbonyl (C=O) groups is 2. The zero-order chi connectivity index (χ0) is 11.4. The lowest BCUT2D eigenvalue weighted by molar-refractivity contribution is -0.151. The molecule has 0 saturated heterocycles. The van der Waals surface area contributed by atoms with Crippen molar-refractivity contribution in [2.24, 2.45) is 0 Å². The van der Waals surface area contributed by atoms with E-state index in [0.717, 1.165) is 0 Å². The van der Waals surface area contributed by atoms with Crippen LogP contribution < -0.4 is 0 Å². The highest BCUT2D eigenvalue weighted by Gasteiger charge is 2.40. The molecule has 0 fully saturated rings. The lowest BCUT2D eigenvalue weighted by Gasteiger charge is -2.09. The lowest BCUT2D eigenvalue weighted by Crippen LogP contribution is -2.23. The molecule has 7 heteroatoms. The van der Waals surface area contributed by atoms with Gasteiger partial charge in [-0.1, -0.05) is 0 Å². The van der Waals surface area contributed by atoms with Crippen LogP contribution in [0.3, 0.4) is 0 Å². The monoisotopic (exact) mass is 212 g/mol. The molecule has 0 bridgehead atoms. The topological polar surface area (TPSA) is 63.6 Å². The van der Waals surface area contributed by atoms with E-state index in [1.807, 2.05) is 0 Å². The van der Waals surface area contributed by atoms with Crippen LogP contribution in [-0.4, -0.2) is 29.8 Å². The van der Waals surface area contributed by atoms with E-state index in [9.17, 15) is 22.8 Å². The number of alkyl halides is 3. The van der Waals surface area contributed by atoms with Crippen LogP contribution in [0.25, 0.3) is 0 Å². The molecule has 0 aliphatic carbocycles. The number of halogens is 3. The Kier molecular flexibility index (Phi) is 4.13. The van der Waals surface area contributed by atoms with Crippen molar-refractivity contribution < 1.29 is 32.6 Å². The van der Waals surface area contributed by atoms with Gasteiger partial charge in [-0.3, -0.25) is 0 Å². The molecule has 0 aliphatic heterocycles. The summed E-state index contributed by atoms with van der Waals surface area (Å²) in [5, 5.41) is 8.08. The second-order valence-corrected chi connectivity index (χ2v) is 2.11. The van der Waals surface area contributed by atoms with E-state index in [0.29, 0.717) is 0 Å². The van der Waals surface area contributed by atoms with Crippen molar-refractivity contribution in [3.8, 4) is 0 Å². The zero-order valence-electron chi connectivity index (χ0n) is 7.09. The molecule has 0 radical (unpaired) electrons. The molecule has 0 amide bonds. The van der Waals surface area contributed by atoms with Crippen LogP contribution in [0.5, 0.6) is 0 Å². The van der Waals surface area contributed by atoms with Gasteiger partial charge in [-0.25, -0.2) is 9.59 Å². The van der Waals surface area contributed by atoms with Gasteiger partial charge in [0.05, 0.1) is 6.61 Å². The molecule has 0 heterocycles. The molecule has 0 aromatic heterocycles. The molecule has 0 atom stereocenters. The van der Waals surface area contributed by atoms with Gasteiger partial charge in [0.2, 0.25) is 0 Å². The molecule has 0 spiro atoms. The fraction of sp³-hybridized carbons (Fsp3) is 0.429. The number of ether oxygens (including phenoxy) is 1. The number of rotatable bonds is 3. The van der Waals surface area contributed by atoms with Crippen molar-refractivity contribution in [2.75, 3.05) is 6.61 Å². The molecule has 0 unspecified atom stereocenters. The van der Waals surface area contributed by atoms with E-state index in [1.165, 1.54) is 6.92 Å². The summed E-state index contributed by atoms with van der Waals surface area (Å²) in [5.41, 5.74) is -1.83. The second kappa shape index (κ2) is 4.64. The number of carbonyl (C=O) groups excluding carboxylic acids is 1. The van der Waals surface area contributed by atoms with Gasteiger partial charge >= 0.3 is 18.1 Å². The van der Waals surface area contributed by atoms with Crippen molar-refractivity contribution >= 4 is 11.9 Å². The van der Waals surface area contributed by atoms with Crippen LogP contribution in [0.1, 0.15) is 6.92 Å². The molecule has 0 rings (SSSR count). The highest BCUT2D eigenvalue weighted by atomic mass is 19.4. The van der Waals surface area contributed by atoms with E-state index in [1.54, 1.807) is 0 Å². The first-order valence-corrected chi connectivity index (χ1v) is 3.48. The molecule has 80 valence electrons. The Labute approximate surface area is 77.0 Å². The molecule has 1 N–H and O–H groups in total. The molecular weight excluding hydrogens is 205 g/mol. The summed E-state index contributed by atoms with van der Waals surface area (Å²) in [7, 11) is 0. The van der Waals surface area contributed by atoms with Crippen molar-refractivity contribution in [1.29, 1.82) is 0 Å². The van der Waals surface area contributed by atoms with Gasteiger partial charge in [-0.15, -0.1) is 0 Å². The average molecular weight is 212 g/mol. The number of carboxylic acids is 1. The van der Waals surface area contributed by atoms with Crippen LogP contribution in [0.4, 0.5) is 13.2 Å². The van der Waals surface area contributed by atoms with Gasteiger partial charge < -0.3 is 9.84 Å². The van der Waals surface area contributed by atoms with Gasteiger partial charge in [-0.05, 0) is 6.92 Å². The Morgan fingerprint density at radius 1 is 1.43 bits per heavy atom. The number of esters is 1. The summed E-state index contributed by atoms with van der Waals surface area (Å²) in [5.74, 6) is -3.55. The van der Waals surface area contributed by atoms with Gasteiger partial charge in [-0.2, -0.15) is 13.2 Å². The molecule has 4 nitrogen and oxygen atoms in total. The normalized spacial score (nSPS) is 12.4. The second-order valence-electron chi connectivity index (χ2n) is 2.11. The van der Waals surface area contributed by atoms with Gasteiger partial charge in [0, 0.05) is 6.08 Å². The molecule has 14 heavy (non-hydrogen) atoms. The van der Waals surface area contributed by atoms with Crippen LogP contribution in [-0.2, 0) is 14.3 Å². The summed E-state index contributed by atoms with van der Waals surface area (Å²) in [4.78, 5) is 20.6. The highest BCUT2D eigenvalue weighted by Crippen LogP contribution is 2.26. The van der Waals surface area contributed by atoms with Gasteiger partial charge in [0.1, 0.15) is 5.57 Å². The standard InChI is InChI=1S/C7H7F3O4/c1-2-14-6(13)4(3-5(11)12)7(8,9)10/h3H,2H2,1H3,(H,11,12)/b4-3-. The smallest absolute Gasteiger partial charge is 0.423 e. The Hall–Kier alpha value is -1.53. The van der Waals surface area contributed by atoms with Crippen molar-refractivity contribution in [3.63, 3.8) is 0 Å². The van der Waals surface area contributed by atoms with Crippen molar-refractivity contribution in [2.45, 2.75) is 13.1 Å². The molecular formula is C7H7F3O4. The molecule has 0 aromatic rings. The fourth-order valence-electron chi connectivity index (χ4n) is 0.589. The predicted molar refractivity (Wildman–Crippen MR) is 38.4 cm³/mol. The van der Waals surface area contributed by atoms with Crippen molar-refractivity contribution in [1.82, 2.24) is 0 Å². The highest BCUT2D eigenvalue weighted by molar-refractivity contribution is 5.96. The number of hydrogen-bond acceptors (Lipinski definition) is 3. The quantitative estimate of drug-likeness (QED) is 0.562. The minimum atomic E-state index is -5.02. The minimum absolute atomic E-state index is 0.224. The number of carboxylic acid groups (broad SMARTS) is 1. The summed E-state index contributed by atoms with van der Waals surface area (Å²) >= 11 is 0. The maximum Gasteiger partial charge on any atom is 0.423 e. The van der Waals surface area contributed by atoms with Crippen LogP contribution >= 0.6 is 0 Å². The summed E-state index contributed by atoms with van der Waals surface area (Å²) in [6.45, 7) is 1.05. The lowest BCUT2D eigenvalue weighted by atomic mass is 10.2. The van der Waals surface area contributed by atoms with Crippen molar-refractivity contribution in [3.05, 3.63) is 11.6 Å². The SMILES string of the molecule is CCOC(=O)/C(=C/C(=O)O)C(F)(F)F. The zero-order valence-corrected chi connectivity index (χ0v) is 7.09. The summed E-state index contributed by atoms with van der Waals surface area (Å²) in [6.07, 6.45) is -5.25. The van der Waals surface area contributed by atoms with Crippen LogP contribution in [0.2, 0.25) is 0 Å². The Morgan fingerprint density at radius 2 is 1.93 bits per heavy atom. The maximum atomic E-state index is 12.0. The number of aliphatic carboxylic acids is 1. The largest absolute Gasteiger partial charge is 0.478 e. The first-order chi connectivity index (χ1) is 6.29. The molecule has 0 saturated carbocycles. The third-order valence-corrected chi connectivity index (χ3v) is 1.07. The third kappa shape index (κ3) is 3.92.